The van der Waals surface area contributed by atoms with Crippen molar-refractivity contribution in [1.82, 2.24) is 9.88 Å². The predicted molar refractivity (Wildman–Crippen MR) is 84.9 cm³/mol. The second kappa shape index (κ2) is 6.05. The number of nitrogens with zero attached hydrogens (tertiary/aromatic N) is 2. The maximum Gasteiger partial charge on any atom is 0.225 e. The molecule has 0 aliphatic heterocycles. The van der Waals surface area contributed by atoms with E-state index < -0.39 is 0 Å². The molecule has 0 aromatic carbocycles. The van der Waals surface area contributed by atoms with Gasteiger partial charge in [0.25, 0.3) is 0 Å². The van der Waals surface area contributed by atoms with Crippen molar-refractivity contribution < 1.29 is 4.79 Å². The third-order valence-corrected chi connectivity index (χ3v) is 6.10. The number of amides is 1. The van der Waals surface area contributed by atoms with Crippen LogP contribution in [0.15, 0.2) is 6.20 Å². The van der Waals surface area contributed by atoms with Crippen LogP contribution in [-0.4, -0.2) is 28.9 Å². The van der Waals surface area contributed by atoms with Gasteiger partial charge in [0.2, 0.25) is 5.91 Å². The monoisotopic (exact) mass is 307 g/mol. The Morgan fingerprint density at radius 3 is 2.67 bits per heavy atom. The van der Waals surface area contributed by atoms with E-state index in [-0.39, 0.29) is 5.92 Å². The number of aromatic nitrogens is 1. The van der Waals surface area contributed by atoms with Crippen molar-refractivity contribution in [2.24, 2.45) is 23.5 Å². The number of hydrogen-bond acceptors (Lipinski definition) is 4. The Kier molecular flexibility index (Phi) is 4.31. The molecule has 0 spiro atoms. The first-order valence-electron chi connectivity index (χ1n) is 7.96. The summed E-state index contributed by atoms with van der Waals surface area (Å²) in [4.78, 5) is 20.0. The molecule has 2 bridgehead atoms. The van der Waals surface area contributed by atoms with Gasteiger partial charge in [-0.25, -0.2) is 4.98 Å². The van der Waals surface area contributed by atoms with Crippen LogP contribution < -0.4 is 5.73 Å². The van der Waals surface area contributed by atoms with Gasteiger partial charge in [0.15, 0.2) is 0 Å². The van der Waals surface area contributed by atoms with Gasteiger partial charge in [-0.05, 0) is 44.4 Å². The third kappa shape index (κ3) is 3.14. The highest BCUT2D eigenvalue weighted by Crippen LogP contribution is 2.42. The second-order valence-corrected chi connectivity index (χ2v) is 8.06. The van der Waals surface area contributed by atoms with E-state index in [1.165, 1.54) is 19.3 Å². The van der Waals surface area contributed by atoms with Crippen LogP contribution in [0, 0.1) is 24.7 Å². The zero-order valence-corrected chi connectivity index (χ0v) is 13.7. The lowest BCUT2D eigenvalue weighted by molar-refractivity contribution is -0.137. The van der Waals surface area contributed by atoms with E-state index in [4.69, 9.17) is 5.73 Å². The number of nitrogens with two attached hydrogens (primary N) is 1. The number of fused-ring (bicyclic) bond motifs is 2. The molecule has 0 saturated heterocycles. The number of aryl methyl sites for hydroxylation is 1. The predicted octanol–water partition coefficient (Wildman–Crippen LogP) is 2.56. The maximum atomic E-state index is 12.7. The summed E-state index contributed by atoms with van der Waals surface area (Å²) in [6.45, 7) is 2.68. The Labute approximate surface area is 130 Å². The van der Waals surface area contributed by atoms with Crippen molar-refractivity contribution in [3.05, 3.63) is 16.1 Å². The van der Waals surface area contributed by atoms with Crippen LogP contribution in [0.2, 0.25) is 0 Å². The summed E-state index contributed by atoms with van der Waals surface area (Å²) in [7, 11) is 1.92. The quantitative estimate of drug-likeness (QED) is 0.933. The van der Waals surface area contributed by atoms with Gasteiger partial charge in [-0.2, -0.15) is 0 Å². The van der Waals surface area contributed by atoms with Crippen LogP contribution in [0.1, 0.15) is 42.0 Å². The second-order valence-electron chi connectivity index (χ2n) is 6.74. The summed E-state index contributed by atoms with van der Waals surface area (Å²) >= 11 is 1.67. The lowest BCUT2D eigenvalue weighted by Crippen LogP contribution is -2.49. The molecule has 1 aromatic heterocycles. The zero-order valence-electron chi connectivity index (χ0n) is 12.9. The average molecular weight is 307 g/mol. The lowest BCUT2D eigenvalue weighted by Gasteiger charge is -2.44. The molecule has 2 aliphatic carbocycles. The highest BCUT2D eigenvalue weighted by Gasteiger charge is 2.41. The summed E-state index contributed by atoms with van der Waals surface area (Å²) in [6.07, 6.45) is 7.57. The van der Waals surface area contributed by atoms with Crippen molar-refractivity contribution in [2.45, 2.75) is 51.6 Å². The molecule has 2 atom stereocenters. The highest BCUT2D eigenvalue weighted by molar-refractivity contribution is 7.11. The van der Waals surface area contributed by atoms with Gasteiger partial charge in [0.1, 0.15) is 0 Å². The average Bonchev–Trinajstić information content (AvgIpc) is 2.83. The van der Waals surface area contributed by atoms with Gasteiger partial charge in [-0.1, -0.05) is 6.42 Å². The molecule has 2 N–H and O–H groups in total. The van der Waals surface area contributed by atoms with Gasteiger partial charge >= 0.3 is 0 Å². The van der Waals surface area contributed by atoms with Gasteiger partial charge in [0, 0.05) is 30.1 Å². The number of carbonyl (C=O) groups excluding carboxylic acids is 1. The molecule has 116 valence electrons. The van der Waals surface area contributed by atoms with E-state index in [1.54, 1.807) is 11.3 Å². The minimum Gasteiger partial charge on any atom is -0.340 e. The molecule has 5 heteroatoms. The van der Waals surface area contributed by atoms with Crippen LogP contribution >= 0.6 is 11.3 Å². The SMILES string of the molecule is Cc1ncc(CN(C)C(=O)C2CC3CCCC(C2)C3N)s1. The molecule has 2 saturated carbocycles. The van der Waals surface area contributed by atoms with E-state index in [0.29, 0.717) is 30.3 Å². The molecular weight excluding hydrogens is 282 g/mol. The fraction of sp³-hybridized carbons (Fsp3) is 0.750. The molecule has 4 nitrogen and oxygen atoms in total. The molecule has 2 fully saturated rings. The summed E-state index contributed by atoms with van der Waals surface area (Å²) in [5.41, 5.74) is 6.32. The van der Waals surface area contributed by atoms with Gasteiger partial charge in [0.05, 0.1) is 11.6 Å². The van der Waals surface area contributed by atoms with Crippen LogP contribution in [0.4, 0.5) is 0 Å². The first-order chi connectivity index (χ1) is 10.0. The largest absolute Gasteiger partial charge is 0.340 e. The molecular formula is C16H25N3OS. The van der Waals surface area contributed by atoms with E-state index >= 15 is 0 Å². The maximum absolute atomic E-state index is 12.7. The third-order valence-electron chi connectivity index (χ3n) is 5.20. The Bertz CT molecular complexity index is 501. The molecule has 2 unspecified atom stereocenters. The molecule has 1 aromatic rings. The fourth-order valence-electron chi connectivity index (χ4n) is 4.09. The van der Waals surface area contributed by atoms with Crippen molar-refractivity contribution in [2.75, 3.05) is 7.05 Å². The first kappa shape index (κ1) is 15.0. The number of hydrogen-bond donors (Lipinski definition) is 1. The number of rotatable bonds is 3. The summed E-state index contributed by atoms with van der Waals surface area (Å²) in [6, 6.07) is 0.331. The Morgan fingerprint density at radius 2 is 2.10 bits per heavy atom. The Hall–Kier alpha value is -0.940. The molecule has 3 rings (SSSR count). The zero-order chi connectivity index (χ0) is 15.0. The van der Waals surface area contributed by atoms with Crippen LogP contribution in [0.3, 0.4) is 0 Å². The topological polar surface area (TPSA) is 59.2 Å². The summed E-state index contributed by atoms with van der Waals surface area (Å²) in [5, 5.41) is 1.06. The standard InChI is InChI=1S/C16H25N3OS/c1-10-18-8-14(21-10)9-19(2)16(20)13-6-11-4-3-5-12(7-13)15(11)17/h8,11-13,15H,3-7,9,17H2,1-2H3. The lowest BCUT2D eigenvalue weighted by atomic mass is 9.65. The van der Waals surface area contributed by atoms with Crippen LogP contribution in [0.25, 0.3) is 0 Å². The Balaban J connectivity index is 1.62. The van der Waals surface area contributed by atoms with E-state index in [2.05, 4.69) is 4.98 Å². The Morgan fingerprint density at radius 1 is 1.43 bits per heavy atom. The first-order valence-corrected chi connectivity index (χ1v) is 8.78. The molecule has 21 heavy (non-hydrogen) atoms. The van der Waals surface area contributed by atoms with Crippen LogP contribution in [-0.2, 0) is 11.3 Å². The molecule has 2 aliphatic rings. The van der Waals surface area contributed by atoms with Gasteiger partial charge in [-0.15, -0.1) is 11.3 Å². The van der Waals surface area contributed by atoms with E-state index in [1.807, 2.05) is 25.1 Å². The van der Waals surface area contributed by atoms with E-state index in [0.717, 1.165) is 22.7 Å². The van der Waals surface area contributed by atoms with Crippen molar-refractivity contribution in [3.63, 3.8) is 0 Å². The number of carbonyl (C=O) groups is 1. The van der Waals surface area contributed by atoms with Crippen molar-refractivity contribution >= 4 is 17.2 Å². The molecule has 0 radical (unpaired) electrons. The highest BCUT2D eigenvalue weighted by atomic mass is 32.1. The molecule has 1 heterocycles. The smallest absolute Gasteiger partial charge is 0.225 e. The fourth-order valence-corrected chi connectivity index (χ4v) is 4.94. The van der Waals surface area contributed by atoms with Crippen LogP contribution in [0.5, 0.6) is 0 Å². The van der Waals surface area contributed by atoms with Crippen molar-refractivity contribution in [1.29, 1.82) is 0 Å². The van der Waals surface area contributed by atoms with E-state index in [9.17, 15) is 4.79 Å². The number of thiazole rings is 1. The van der Waals surface area contributed by atoms with Crippen molar-refractivity contribution in [3.8, 4) is 0 Å². The normalized spacial score (nSPS) is 32.0. The van der Waals surface area contributed by atoms with Gasteiger partial charge in [-0.3, -0.25) is 4.79 Å². The minimum atomic E-state index is 0.180. The minimum absolute atomic E-state index is 0.180. The summed E-state index contributed by atoms with van der Waals surface area (Å²) < 4.78 is 0. The van der Waals surface area contributed by atoms with Gasteiger partial charge < -0.3 is 10.6 Å². The molecule has 1 amide bonds. The summed E-state index contributed by atoms with van der Waals surface area (Å²) in [5.74, 6) is 1.60.